The van der Waals surface area contributed by atoms with Crippen molar-refractivity contribution in [3.05, 3.63) is 54.1 Å². The van der Waals surface area contributed by atoms with Gasteiger partial charge in [-0.2, -0.15) is 0 Å². The minimum absolute atomic E-state index is 0.471. The van der Waals surface area contributed by atoms with Crippen molar-refractivity contribution in [2.24, 2.45) is 0 Å². The van der Waals surface area contributed by atoms with Gasteiger partial charge in [-0.25, -0.2) is 0 Å². The Morgan fingerprint density at radius 1 is 1.29 bits per heavy atom. The van der Waals surface area contributed by atoms with Crippen molar-refractivity contribution in [1.29, 1.82) is 0 Å². The van der Waals surface area contributed by atoms with Crippen LogP contribution in [0.1, 0.15) is 25.3 Å². The Kier molecular flexibility index (Phi) is 5.40. The van der Waals surface area contributed by atoms with E-state index < -0.39 is 0 Å². The van der Waals surface area contributed by atoms with Crippen molar-refractivity contribution < 1.29 is 4.74 Å². The molecule has 21 heavy (non-hydrogen) atoms. The summed E-state index contributed by atoms with van der Waals surface area (Å²) in [5.74, 6) is 0.915. The number of methoxy groups -OCH3 is 1. The Balaban J connectivity index is 2.25. The number of ether oxygens (including phenoxy) is 1. The summed E-state index contributed by atoms with van der Waals surface area (Å²) in [5.41, 5.74) is 2.61. The number of allylic oxidation sites excluding steroid dienone is 1. The predicted octanol–water partition coefficient (Wildman–Crippen LogP) is 4.34. The number of rotatable bonds is 7. The summed E-state index contributed by atoms with van der Waals surface area (Å²) in [4.78, 5) is 0. The number of fused-ring (bicyclic) bond motifs is 1. The van der Waals surface area contributed by atoms with E-state index >= 15 is 0 Å². The highest BCUT2D eigenvalue weighted by Gasteiger charge is 2.10. The maximum absolute atomic E-state index is 5.36. The summed E-state index contributed by atoms with van der Waals surface area (Å²) in [7, 11) is 3.75. The van der Waals surface area contributed by atoms with E-state index in [2.05, 4.69) is 49.2 Å². The lowest BCUT2D eigenvalue weighted by atomic mass is 9.95. The fraction of sp³-hybridized carbons (Fsp3) is 0.368. The second kappa shape index (κ2) is 7.28. The molecule has 1 atom stereocenters. The Bertz CT molecular complexity index is 618. The van der Waals surface area contributed by atoms with Crippen LogP contribution in [-0.2, 0) is 6.42 Å². The van der Waals surface area contributed by atoms with E-state index in [1.54, 1.807) is 7.11 Å². The molecular weight excluding hydrogens is 258 g/mol. The van der Waals surface area contributed by atoms with Gasteiger partial charge in [0.1, 0.15) is 5.75 Å². The maximum Gasteiger partial charge on any atom is 0.119 e. The quantitative estimate of drug-likeness (QED) is 0.763. The Hall–Kier alpha value is -1.80. The van der Waals surface area contributed by atoms with Gasteiger partial charge in [0.05, 0.1) is 7.11 Å². The van der Waals surface area contributed by atoms with Crippen LogP contribution in [-0.4, -0.2) is 20.2 Å². The normalized spacial score (nSPS) is 12.3. The van der Waals surface area contributed by atoms with E-state index in [9.17, 15) is 0 Å². The fourth-order valence-electron chi connectivity index (χ4n) is 2.66. The van der Waals surface area contributed by atoms with Crippen LogP contribution in [0.5, 0.6) is 5.75 Å². The minimum Gasteiger partial charge on any atom is -0.497 e. The second-order valence-electron chi connectivity index (χ2n) is 5.69. The predicted molar refractivity (Wildman–Crippen MR) is 91.1 cm³/mol. The van der Waals surface area contributed by atoms with Gasteiger partial charge in [0, 0.05) is 6.04 Å². The first-order valence-corrected chi connectivity index (χ1v) is 7.51. The molecular formula is C19H25NO. The van der Waals surface area contributed by atoms with E-state index in [0.717, 1.165) is 25.0 Å². The summed E-state index contributed by atoms with van der Waals surface area (Å²) in [6.07, 6.45) is 3.21. The molecule has 2 aromatic rings. The van der Waals surface area contributed by atoms with Gasteiger partial charge in [-0.15, -0.1) is 6.58 Å². The monoisotopic (exact) mass is 283 g/mol. The minimum atomic E-state index is 0.471. The molecule has 0 aliphatic carbocycles. The Morgan fingerprint density at radius 3 is 2.76 bits per heavy atom. The second-order valence-corrected chi connectivity index (χ2v) is 5.69. The molecule has 2 heteroatoms. The van der Waals surface area contributed by atoms with Gasteiger partial charge in [-0.05, 0) is 61.7 Å². The highest BCUT2D eigenvalue weighted by molar-refractivity contribution is 5.87. The SMILES string of the molecule is C=C(C)CCC(Cc1cccc2ccc(OC)cc12)NC. The molecule has 1 N–H and O–H groups in total. The number of benzene rings is 2. The molecule has 2 rings (SSSR count). The van der Waals surface area contributed by atoms with Gasteiger partial charge in [-0.3, -0.25) is 0 Å². The van der Waals surface area contributed by atoms with Crippen LogP contribution in [0.2, 0.25) is 0 Å². The molecule has 0 saturated carbocycles. The topological polar surface area (TPSA) is 21.3 Å². The molecule has 0 aromatic heterocycles. The maximum atomic E-state index is 5.36. The smallest absolute Gasteiger partial charge is 0.119 e. The molecule has 0 spiro atoms. The highest BCUT2D eigenvalue weighted by atomic mass is 16.5. The summed E-state index contributed by atoms with van der Waals surface area (Å²) in [5, 5.41) is 5.98. The largest absolute Gasteiger partial charge is 0.497 e. The van der Waals surface area contributed by atoms with E-state index in [-0.39, 0.29) is 0 Å². The molecule has 0 saturated heterocycles. The molecule has 2 aromatic carbocycles. The zero-order valence-electron chi connectivity index (χ0n) is 13.3. The van der Waals surface area contributed by atoms with Gasteiger partial charge in [0.25, 0.3) is 0 Å². The summed E-state index contributed by atoms with van der Waals surface area (Å²) in [6.45, 7) is 6.09. The van der Waals surface area contributed by atoms with Crippen molar-refractivity contribution in [1.82, 2.24) is 5.32 Å². The average Bonchev–Trinajstić information content (AvgIpc) is 2.50. The van der Waals surface area contributed by atoms with Crippen molar-refractivity contribution >= 4 is 10.8 Å². The van der Waals surface area contributed by atoms with Crippen LogP contribution in [0, 0.1) is 0 Å². The fourth-order valence-corrected chi connectivity index (χ4v) is 2.66. The molecule has 0 heterocycles. The van der Waals surface area contributed by atoms with E-state index in [0.29, 0.717) is 6.04 Å². The standard InChI is InChI=1S/C19H25NO/c1-14(2)8-10-17(20-3)12-16-7-5-6-15-9-11-18(21-4)13-19(15)16/h5-7,9,11,13,17,20H,1,8,10,12H2,2-4H3. The number of likely N-dealkylation sites (N-methyl/N-ethyl adjacent to an activating group) is 1. The van der Waals surface area contributed by atoms with Gasteiger partial charge in [-0.1, -0.05) is 29.8 Å². The zero-order valence-corrected chi connectivity index (χ0v) is 13.3. The average molecular weight is 283 g/mol. The van der Waals surface area contributed by atoms with Crippen LogP contribution in [0.25, 0.3) is 10.8 Å². The van der Waals surface area contributed by atoms with Crippen LogP contribution in [0.3, 0.4) is 0 Å². The van der Waals surface area contributed by atoms with Crippen molar-refractivity contribution in [3.63, 3.8) is 0 Å². The third-order valence-electron chi connectivity index (χ3n) is 3.97. The molecule has 1 unspecified atom stereocenters. The van der Waals surface area contributed by atoms with E-state index in [1.165, 1.54) is 21.9 Å². The first-order chi connectivity index (χ1) is 10.1. The van der Waals surface area contributed by atoms with Gasteiger partial charge >= 0.3 is 0 Å². The summed E-state index contributed by atoms with van der Waals surface area (Å²) in [6, 6.07) is 13.3. The number of hydrogen-bond donors (Lipinski definition) is 1. The number of hydrogen-bond acceptors (Lipinski definition) is 2. The summed E-state index contributed by atoms with van der Waals surface area (Å²) >= 11 is 0. The molecule has 2 nitrogen and oxygen atoms in total. The lowest BCUT2D eigenvalue weighted by molar-refractivity contribution is 0.415. The zero-order chi connectivity index (χ0) is 15.2. The highest BCUT2D eigenvalue weighted by Crippen LogP contribution is 2.25. The first kappa shape index (κ1) is 15.6. The van der Waals surface area contributed by atoms with Gasteiger partial charge in [0.2, 0.25) is 0 Å². The molecule has 0 amide bonds. The van der Waals surface area contributed by atoms with E-state index in [1.807, 2.05) is 13.1 Å². The van der Waals surface area contributed by atoms with Crippen LogP contribution >= 0.6 is 0 Å². The molecule has 0 bridgehead atoms. The van der Waals surface area contributed by atoms with E-state index in [4.69, 9.17) is 4.74 Å². The lowest BCUT2D eigenvalue weighted by Crippen LogP contribution is -2.27. The van der Waals surface area contributed by atoms with Crippen LogP contribution in [0.4, 0.5) is 0 Å². The van der Waals surface area contributed by atoms with Crippen molar-refractivity contribution in [3.8, 4) is 5.75 Å². The molecule has 0 fully saturated rings. The summed E-state index contributed by atoms with van der Waals surface area (Å²) < 4.78 is 5.36. The first-order valence-electron chi connectivity index (χ1n) is 7.51. The van der Waals surface area contributed by atoms with Crippen LogP contribution in [0.15, 0.2) is 48.6 Å². The molecule has 0 aliphatic rings. The van der Waals surface area contributed by atoms with Gasteiger partial charge < -0.3 is 10.1 Å². The Morgan fingerprint density at radius 2 is 2.10 bits per heavy atom. The van der Waals surface area contributed by atoms with Crippen molar-refractivity contribution in [2.75, 3.05) is 14.2 Å². The third-order valence-corrected chi connectivity index (χ3v) is 3.97. The van der Waals surface area contributed by atoms with Gasteiger partial charge in [0.15, 0.2) is 0 Å². The third kappa shape index (κ3) is 4.08. The van der Waals surface area contributed by atoms with Crippen molar-refractivity contribution in [2.45, 2.75) is 32.2 Å². The number of nitrogens with one attached hydrogen (secondary N) is 1. The molecule has 112 valence electrons. The molecule has 0 radical (unpaired) electrons. The van der Waals surface area contributed by atoms with Crippen LogP contribution < -0.4 is 10.1 Å². The molecule has 0 aliphatic heterocycles. The lowest BCUT2D eigenvalue weighted by Gasteiger charge is -2.18. The Labute approximate surface area is 127 Å².